The number of nitrogens with zero attached hydrogens (tertiary/aromatic N) is 3. The summed E-state index contributed by atoms with van der Waals surface area (Å²) in [5.74, 6) is 2.53. The van der Waals surface area contributed by atoms with Crippen LogP contribution in [0.5, 0.6) is 17.2 Å². The quantitative estimate of drug-likeness (QED) is 0.297. The van der Waals surface area contributed by atoms with Crippen molar-refractivity contribution in [2.75, 3.05) is 19.5 Å². The molecule has 2 aromatic carbocycles. The van der Waals surface area contributed by atoms with Gasteiger partial charge in [-0.1, -0.05) is 11.8 Å². The predicted octanol–water partition coefficient (Wildman–Crippen LogP) is 4.07. The van der Waals surface area contributed by atoms with E-state index >= 15 is 0 Å². The zero-order valence-electron chi connectivity index (χ0n) is 16.6. The van der Waals surface area contributed by atoms with Gasteiger partial charge in [-0.25, -0.2) is 0 Å². The topological polar surface area (TPSA) is 75.5 Å². The first-order chi connectivity index (χ1) is 14.1. The van der Waals surface area contributed by atoms with E-state index in [9.17, 15) is 4.79 Å². The Kier molecular flexibility index (Phi) is 7.13. The predicted molar refractivity (Wildman–Crippen MR) is 112 cm³/mol. The summed E-state index contributed by atoms with van der Waals surface area (Å²) in [6, 6.07) is 14.6. The monoisotopic (exact) mass is 413 g/mol. The van der Waals surface area contributed by atoms with Gasteiger partial charge in [0.2, 0.25) is 0 Å². The standard InChI is InChI=1S/C21H23N3O4S/c1-4-24-20(15-6-8-16(26-3)9-7-15)22-23-21(24)29-14-19(25)28-18-12-10-17(11-13-18)27-5-2/h6-13H,4-5,14H2,1-3H3. The van der Waals surface area contributed by atoms with Gasteiger partial charge < -0.3 is 18.8 Å². The fraction of sp³-hybridized carbons (Fsp3) is 0.286. The molecule has 0 atom stereocenters. The summed E-state index contributed by atoms with van der Waals surface area (Å²) in [5, 5.41) is 9.19. The highest BCUT2D eigenvalue weighted by Crippen LogP contribution is 2.26. The van der Waals surface area contributed by atoms with Gasteiger partial charge in [0.1, 0.15) is 17.2 Å². The van der Waals surface area contributed by atoms with Crippen LogP contribution in [0.3, 0.4) is 0 Å². The Morgan fingerprint density at radius 2 is 1.62 bits per heavy atom. The van der Waals surface area contributed by atoms with Crippen LogP contribution < -0.4 is 14.2 Å². The molecule has 0 fully saturated rings. The number of esters is 1. The van der Waals surface area contributed by atoms with Gasteiger partial charge in [-0.15, -0.1) is 10.2 Å². The van der Waals surface area contributed by atoms with Crippen molar-refractivity contribution >= 4 is 17.7 Å². The van der Waals surface area contributed by atoms with Gasteiger partial charge in [-0.05, 0) is 62.4 Å². The smallest absolute Gasteiger partial charge is 0.321 e. The Hall–Kier alpha value is -3.00. The number of methoxy groups -OCH3 is 1. The summed E-state index contributed by atoms with van der Waals surface area (Å²) < 4.78 is 17.9. The average Bonchev–Trinajstić information content (AvgIpc) is 3.17. The van der Waals surface area contributed by atoms with Gasteiger partial charge in [0.25, 0.3) is 0 Å². The van der Waals surface area contributed by atoms with E-state index in [2.05, 4.69) is 10.2 Å². The lowest BCUT2D eigenvalue weighted by Crippen LogP contribution is -2.11. The van der Waals surface area contributed by atoms with Crippen LogP contribution in [0.2, 0.25) is 0 Å². The minimum absolute atomic E-state index is 0.133. The van der Waals surface area contributed by atoms with E-state index in [1.54, 1.807) is 31.4 Å². The second-order valence-electron chi connectivity index (χ2n) is 5.95. The second-order valence-corrected chi connectivity index (χ2v) is 6.89. The van der Waals surface area contributed by atoms with E-state index in [-0.39, 0.29) is 11.7 Å². The molecule has 29 heavy (non-hydrogen) atoms. The van der Waals surface area contributed by atoms with E-state index in [0.29, 0.717) is 24.1 Å². The van der Waals surface area contributed by atoms with Crippen LogP contribution in [0.4, 0.5) is 0 Å². The third-order valence-electron chi connectivity index (χ3n) is 4.07. The molecule has 8 heteroatoms. The first kappa shape index (κ1) is 20.7. The SMILES string of the molecule is CCOc1ccc(OC(=O)CSc2nnc(-c3ccc(OC)cc3)n2CC)cc1. The minimum atomic E-state index is -0.351. The molecule has 0 aliphatic carbocycles. The van der Waals surface area contributed by atoms with Crippen molar-refractivity contribution in [3.63, 3.8) is 0 Å². The van der Waals surface area contributed by atoms with Crippen molar-refractivity contribution in [2.24, 2.45) is 0 Å². The molecule has 0 radical (unpaired) electrons. The Bertz CT molecular complexity index is 940. The molecule has 152 valence electrons. The van der Waals surface area contributed by atoms with E-state index in [1.165, 1.54) is 11.8 Å². The van der Waals surface area contributed by atoms with Crippen LogP contribution >= 0.6 is 11.8 Å². The third-order valence-corrected chi connectivity index (χ3v) is 5.01. The lowest BCUT2D eigenvalue weighted by Gasteiger charge is -2.08. The van der Waals surface area contributed by atoms with Crippen molar-refractivity contribution in [1.29, 1.82) is 0 Å². The second kappa shape index (κ2) is 9.97. The number of rotatable bonds is 9. The highest BCUT2D eigenvalue weighted by molar-refractivity contribution is 7.99. The molecule has 0 saturated carbocycles. The number of thioether (sulfide) groups is 1. The van der Waals surface area contributed by atoms with Crippen molar-refractivity contribution in [2.45, 2.75) is 25.5 Å². The molecule has 3 aromatic rings. The van der Waals surface area contributed by atoms with E-state index in [1.807, 2.05) is 42.7 Å². The van der Waals surface area contributed by atoms with Gasteiger partial charge in [0.15, 0.2) is 11.0 Å². The maximum Gasteiger partial charge on any atom is 0.321 e. The minimum Gasteiger partial charge on any atom is -0.497 e. The number of hydrogen-bond acceptors (Lipinski definition) is 7. The Labute approximate surface area is 174 Å². The fourth-order valence-electron chi connectivity index (χ4n) is 2.69. The lowest BCUT2D eigenvalue weighted by atomic mass is 10.2. The molecule has 1 aromatic heterocycles. The molecule has 0 unspecified atom stereocenters. The van der Waals surface area contributed by atoms with Crippen LogP contribution in [0.25, 0.3) is 11.4 Å². The first-order valence-corrected chi connectivity index (χ1v) is 10.3. The third kappa shape index (κ3) is 5.29. The van der Waals surface area contributed by atoms with Crippen molar-refractivity contribution in [3.05, 3.63) is 48.5 Å². The van der Waals surface area contributed by atoms with Gasteiger partial charge in [0.05, 0.1) is 19.5 Å². The lowest BCUT2D eigenvalue weighted by molar-refractivity contribution is -0.131. The molecule has 0 aliphatic heterocycles. The van der Waals surface area contributed by atoms with Crippen molar-refractivity contribution < 1.29 is 19.0 Å². The summed E-state index contributed by atoms with van der Waals surface area (Å²) in [5.41, 5.74) is 0.934. The van der Waals surface area contributed by atoms with Crippen LogP contribution in [0.1, 0.15) is 13.8 Å². The number of benzene rings is 2. The maximum atomic E-state index is 12.2. The Balaban J connectivity index is 1.62. The number of ether oxygens (including phenoxy) is 3. The average molecular weight is 413 g/mol. The zero-order valence-corrected chi connectivity index (χ0v) is 17.4. The summed E-state index contributed by atoms with van der Waals surface area (Å²) in [6.45, 7) is 5.20. The molecule has 1 heterocycles. The van der Waals surface area contributed by atoms with Crippen LogP contribution in [-0.2, 0) is 11.3 Å². The largest absolute Gasteiger partial charge is 0.497 e. The molecule has 0 amide bonds. The van der Waals surface area contributed by atoms with E-state index < -0.39 is 0 Å². The number of hydrogen-bond donors (Lipinski definition) is 0. The molecule has 0 saturated heterocycles. The van der Waals surface area contributed by atoms with Gasteiger partial charge >= 0.3 is 5.97 Å². The Morgan fingerprint density at radius 1 is 0.966 bits per heavy atom. The summed E-state index contributed by atoms with van der Waals surface area (Å²) >= 11 is 1.30. The molecule has 0 N–H and O–H groups in total. The van der Waals surface area contributed by atoms with Crippen molar-refractivity contribution in [1.82, 2.24) is 14.8 Å². The molecular weight excluding hydrogens is 390 g/mol. The van der Waals surface area contributed by atoms with Gasteiger partial charge in [-0.3, -0.25) is 4.79 Å². The zero-order chi connectivity index (χ0) is 20.6. The molecule has 7 nitrogen and oxygen atoms in total. The highest BCUT2D eigenvalue weighted by atomic mass is 32.2. The first-order valence-electron chi connectivity index (χ1n) is 9.28. The van der Waals surface area contributed by atoms with Crippen LogP contribution in [-0.4, -0.2) is 40.2 Å². The molecule has 3 rings (SSSR count). The summed E-state index contributed by atoms with van der Waals surface area (Å²) in [6.07, 6.45) is 0. The highest BCUT2D eigenvalue weighted by Gasteiger charge is 2.15. The van der Waals surface area contributed by atoms with Gasteiger partial charge in [0, 0.05) is 12.1 Å². The molecular formula is C21H23N3O4S. The maximum absolute atomic E-state index is 12.2. The molecule has 0 bridgehead atoms. The fourth-order valence-corrected chi connectivity index (χ4v) is 3.46. The molecule has 0 spiro atoms. The number of carbonyl (C=O) groups is 1. The van der Waals surface area contributed by atoms with Gasteiger partial charge in [-0.2, -0.15) is 0 Å². The van der Waals surface area contributed by atoms with E-state index in [4.69, 9.17) is 14.2 Å². The van der Waals surface area contributed by atoms with E-state index in [0.717, 1.165) is 22.9 Å². The summed E-state index contributed by atoms with van der Waals surface area (Å²) in [4.78, 5) is 12.2. The van der Waals surface area contributed by atoms with Crippen LogP contribution in [0.15, 0.2) is 53.7 Å². The number of aromatic nitrogens is 3. The van der Waals surface area contributed by atoms with Crippen LogP contribution in [0, 0.1) is 0 Å². The summed E-state index contributed by atoms with van der Waals surface area (Å²) in [7, 11) is 1.63. The normalized spacial score (nSPS) is 10.6. The van der Waals surface area contributed by atoms with Crippen molar-refractivity contribution in [3.8, 4) is 28.6 Å². The number of carbonyl (C=O) groups excluding carboxylic acids is 1. The molecule has 0 aliphatic rings. The Morgan fingerprint density at radius 3 is 2.24 bits per heavy atom.